The van der Waals surface area contributed by atoms with Crippen molar-refractivity contribution < 1.29 is 0 Å². The fourth-order valence-corrected chi connectivity index (χ4v) is 2.25. The van der Waals surface area contributed by atoms with Gasteiger partial charge in [-0.2, -0.15) is 0 Å². The van der Waals surface area contributed by atoms with Gasteiger partial charge in [0.2, 0.25) is 0 Å². The van der Waals surface area contributed by atoms with Crippen molar-refractivity contribution >= 4 is 0 Å². The molecule has 90 valence electrons. The predicted molar refractivity (Wildman–Crippen MR) is 67.1 cm³/mol. The molecule has 0 aromatic heterocycles. The second-order valence-electron chi connectivity index (χ2n) is 5.94. The van der Waals surface area contributed by atoms with Crippen molar-refractivity contribution in [1.29, 1.82) is 0 Å². The second-order valence-corrected chi connectivity index (χ2v) is 5.94. The number of nitrogens with zero attached hydrogens (tertiary/aromatic N) is 1. The summed E-state index contributed by atoms with van der Waals surface area (Å²) in [6.45, 7) is 16.6. The van der Waals surface area contributed by atoms with E-state index in [0.717, 1.165) is 11.8 Å². The fraction of sp³-hybridized carbons (Fsp3) is 1.00. The van der Waals surface area contributed by atoms with E-state index in [1.54, 1.807) is 0 Å². The Morgan fingerprint density at radius 2 is 1.60 bits per heavy atom. The van der Waals surface area contributed by atoms with Gasteiger partial charge < -0.3 is 5.32 Å². The minimum absolute atomic E-state index is 0.361. The van der Waals surface area contributed by atoms with E-state index < -0.39 is 0 Å². The van der Waals surface area contributed by atoms with Crippen molar-refractivity contribution in [2.45, 2.75) is 46.6 Å². The normalized spacial score (nSPS) is 31.0. The molecule has 1 rings (SSSR count). The minimum Gasteiger partial charge on any atom is -0.316 e. The molecule has 1 N–H and O–H groups in total. The summed E-state index contributed by atoms with van der Waals surface area (Å²) in [6.07, 6.45) is 1.24. The lowest BCUT2D eigenvalue weighted by Gasteiger charge is -2.42. The Morgan fingerprint density at radius 3 is 2.00 bits per heavy atom. The Labute approximate surface area is 95.4 Å². The molecule has 1 heterocycles. The number of hydrogen-bond acceptors (Lipinski definition) is 2. The topological polar surface area (TPSA) is 15.3 Å². The third kappa shape index (κ3) is 3.76. The standard InChI is InChI=1S/C13H28N2/c1-6-13(4,5)15-9-11(2)7-14-8-12(3)10-15/h11-12,14H,6-10H2,1-5H3. The molecule has 1 fully saturated rings. The average molecular weight is 212 g/mol. The minimum atomic E-state index is 0.361. The summed E-state index contributed by atoms with van der Waals surface area (Å²) in [6, 6.07) is 0. The van der Waals surface area contributed by atoms with Gasteiger partial charge in [-0.3, -0.25) is 4.90 Å². The first-order valence-electron chi connectivity index (χ1n) is 6.41. The van der Waals surface area contributed by atoms with Crippen molar-refractivity contribution in [3.63, 3.8) is 0 Å². The van der Waals surface area contributed by atoms with Crippen molar-refractivity contribution in [3.05, 3.63) is 0 Å². The van der Waals surface area contributed by atoms with E-state index >= 15 is 0 Å². The first-order valence-corrected chi connectivity index (χ1v) is 6.41. The monoisotopic (exact) mass is 212 g/mol. The zero-order valence-electron chi connectivity index (χ0n) is 11.1. The molecule has 2 unspecified atom stereocenters. The van der Waals surface area contributed by atoms with E-state index in [9.17, 15) is 0 Å². The smallest absolute Gasteiger partial charge is 0.0150 e. The Morgan fingerprint density at radius 1 is 1.13 bits per heavy atom. The number of rotatable bonds is 2. The average Bonchev–Trinajstić information content (AvgIpc) is 2.14. The van der Waals surface area contributed by atoms with Crippen LogP contribution in [0.2, 0.25) is 0 Å². The van der Waals surface area contributed by atoms with Gasteiger partial charge in [0.1, 0.15) is 0 Å². The maximum atomic E-state index is 3.55. The van der Waals surface area contributed by atoms with Crippen LogP contribution in [0.1, 0.15) is 41.0 Å². The van der Waals surface area contributed by atoms with Crippen LogP contribution in [0.4, 0.5) is 0 Å². The molecule has 0 amide bonds. The van der Waals surface area contributed by atoms with Gasteiger partial charge in [0.15, 0.2) is 0 Å². The van der Waals surface area contributed by atoms with Crippen LogP contribution >= 0.6 is 0 Å². The summed E-state index contributed by atoms with van der Waals surface area (Å²) in [5.74, 6) is 1.53. The Balaban J connectivity index is 2.65. The van der Waals surface area contributed by atoms with Gasteiger partial charge in [-0.25, -0.2) is 0 Å². The van der Waals surface area contributed by atoms with Crippen LogP contribution in [0.5, 0.6) is 0 Å². The lowest BCUT2D eigenvalue weighted by molar-refractivity contribution is 0.0722. The maximum Gasteiger partial charge on any atom is 0.0150 e. The Kier molecular flexibility index (Phi) is 4.60. The predicted octanol–water partition coefficient (Wildman–Crippen LogP) is 2.35. The molecule has 0 aromatic rings. The molecule has 0 spiro atoms. The summed E-state index contributed by atoms with van der Waals surface area (Å²) in [5, 5.41) is 3.55. The van der Waals surface area contributed by atoms with E-state index in [1.165, 1.54) is 32.6 Å². The quantitative estimate of drug-likeness (QED) is 0.756. The van der Waals surface area contributed by atoms with Gasteiger partial charge in [0, 0.05) is 18.6 Å². The van der Waals surface area contributed by atoms with Crippen LogP contribution in [0, 0.1) is 11.8 Å². The van der Waals surface area contributed by atoms with Crippen LogP contribution in [-0.2, 0) is 0 Å². The molecule has 0 aliphatic carbocycles. The van der Waals surface area contributed by atoms with Gasteiger partial charge in [-0.05, 0) is 45.2 Å². The summed E-state index contributed by atoms with van der Waals surface area (Å²) in [4.78, 5) is 2.68. The number of hydrogen-bond donors (Lipinski definition) is 1. The Hall–Kier alpha value is -0.0800. The van der Waals surface area contributed by atoms with Gasteiger partial charge in [-0.1, -0.05) is 20.8 Å². The highest BCUT2D eigenvalue weighted by atomic mass is 15.2. The summed E-state index contributed by atoms with van der Waals surface area (Å²) in [5.41, 5.74) is 0.361. The van der Waals surface area contributed by atoms with E-state index in [1.807, 2.05) is 0 Å². The van der Waals surface area contributed by atoms with Crippen molar-refractivity contribution in [2.24, 2.45) is 11.8 Å². The van der Waals surface area contributed by atoms with Crippen molar-refractivity contribution in [2.75, 3.05) is 26.2 Å². The molecular weight excluding hydrogens is 184 g/mol. The molecule has 1 aliphatic rings. The molecule has 0 aromatic carbocycles. The molecule has 0 radical (unpaired) electrons. The van der Waals surface area contributed by atoms with Crippen LogP contribution in [-0.4, -0.2) is 36.6 Å². The van der Waals surface area contributed by atoms with E-state index in [-0.39, 0.29) is 0 Å². The van der Waals surface area contributed by atoms with Crippen LogP contribution in [0.25, 0.3) is 0 Å². The molecule has 15 heavy (non-hydrogen) atoms. The molecular formula is C13H28N2. The molecule has 1 aliphatic heterocycles. The molecule has 2 atom stereocenters. The second kappa shape index (κ2) is 5.31. The Bertz CT molecular complexity index is 177. The van der Waals surface area contributed by atoms with Crippen molar-refractivity contribution in [3.8, 4) is 0 Å². The van der Waals surface area contributed by atoms with Crippen LogP contribution in [0.3, 0.4) is 0 Å². The fourth-order valence-electron chi connectivity index (χ4n) is 2.25. The van der Waals surface area contributed by atoms with Crippen LogP contribution in [0.15, 0.2) is 0 Å². The third-order valence-electron chi connectivity index (χ3n) is 3.77. The van der Waals surface area contributed by atoms with E-state index in [2.05, 4.69) is 44.8 Å². The molecule has 2 heteroatoms. The van der Waals surface area contributed by atoms with Gasteiger partial charge in [0.25, 0.3) is 0 Å². The highest BCUT2D eigenvalue weighted by Gasteiger charge is 2.28. The van der Waals surface area contributed by atoms with Gasteiger partial charge in [0.05, 0.1) is 0 Å². The zero-order chi connectivity index (χ0) is 11.5. The first-order chi connectivity index (χ1) is 6.95. The molecule has 1 saturated heterocycles. The first kappa shape index (κ1) is 13.0. The summed E-state index contributed by atoms with van der Waals surface area (Å²) in [7, 11) is 0. The molecule has 2 nitrogen and oxygen atoms in total. The number of nitrogens with one attached hydrogen (secondary N) is 1. The SMILES string of the molecule is CCC(C)(C)N1CC(C)CNCC(C)C1. The van der Waals surface area contributed by atoms with E-state index in [4.69, 9.17) is 0 Å². The van der Waals surface area contributed by atoms with Crippen molar-refractivity contribution in [1.82, 2.24) is 10.2 Å². The summed E-state index contributed by atoms with van der Waals surface area (Å²) >= 11 is 0. The molecule has 0 saturated carbocycles. The maximum absolute atomic E-state index is 3.55. The molecule has 0 bridgehead atoms. The van der Waals surface area contributed by atoms with Gasteiger partial charge >= 0.3 is 0 Å². The zero-order valence-corrected chi connectivity index (χ0v) is 11.1. The lowest BCUT2D eigenvalue weighted by Crippen LogP contribution is -2.51. The van der Waals surface area contributed by atoms with E-state index in [0.29, 0.717) is 5.54 Å². The highest BCUT2D eigenvalue weighted by molar-refractivity contribution is 4.84. The lowest BCUT2D eigenvalue weighted by atomic mass is 9.94. The highest BCUT2D eigenvalue weighted by Crippen LogP contribution is 2.22. The van der Waals surface area contributed by atoms with Gasteiger partial charge in [-0.15, -0.1) is 0 Å². The third-order valence-corrected chi connectivity index (χ3v) is 3.77. The summed E-state index contributed by atoms with van der Waals surface area (Å²) < 4.78 is 0. The largest absolute Gasteiger partial charge is 0.316 e. The van der Waals surface area contributed by atoms with Crippen LogP contribution < -0.4 is 5.32 Å².